The molecular weight excluding hydrogens is 254 g/mol. The smallest absolute Gasteiger partial charge is 0.330 e. The van der Waals surface area contributed by atoms with Gasteiger partial charge >= 0.3 is 5.97 Å². The zero-order valence-corrected chi connectivity index (χ0v) is 12.3. The number of aliphatic carboxylic acids is 1. The van der Waals surface area contributed by atoms with Crippen LogP contribution in [0.4, 0.5) is 0 Å². The minimum atomic E-state index is -1.04. The summed E-state index contributed by atoms with van der Waals surface area (Å²) in [6.07, 6.45) is 1.67. The van der Waals surface area contributed by atoms with Gasteiger partial charge in [0.2, 0.25) is 5.91 Å². The second-order valence-electron chi connectivity index (χ2n) is 5.33. The molecule has 1 amide bonds. The molecule has 0 fully saturated rings. The van der Waals surface area contributed by atoms with Gasteiger partial charge in [-0.1, -0.05) is 57.5 Å². The van der Waals surface area contributed by atoms with Crippen molar-refractivity contribution in [1.82, 2.24) is 5.32 Å². The molecule has 0 radical (unpaired) electrons. The van der Waals surface area contributed by atoms with Crippen molar-refractivity contribution in [3.63, 3.8) is 0 Å². The van der Waals surface area contributed by atoms with Crippen molar-refractivity contribution < 1.29 is 14.7 Å². The Morgan fingerprint density at radius 2 is 1.80 bits per heavy atom. The van der Waals surface area contributed by atoms with E-state index >= 15 is 0 Å². The molecule has 0 heterocycles. The van der Waals surface area contributed by atoms with E-state index in [1.807, 2.05) is 26.8 Å². The van der Waals surface area contributed by atoms with Crippen LogP contribution in [-0.2, 0) is 9.59 Å². The summed E-state index contributed by atoms with van der Waals surface area (Å²) in [5, 5.41) is 12.0. The van der Waals surface area contributed by atoms with Gasteiger partial charge in [0.15, 0.2) is 6.04 Å². The van der Waals surface area contributed by atoms with Gasteiger partial charge in [-0.25, -0.2) is 4.79 Å². The van der Waals surface area contributed by atoms with Crippen molar-refractivity contribution in [1.29, 1.82) is 0 Å². The number of rotatable bonds is 7. The fraction of sp³-hybridized carbons (Fsp3) is 0.500. The second-order valence-corrected chi connectivity index (χ2v) is 5.33. The van der Waals surface area contributed by atoms with E-state index < -0.39 is 12.0 Å². The predicted molar refractivity (Wildman–Crippen MR) is 78.2 cm³/mol. The SMILES string of the molecule is CCCC(C(=O)N[C@@H](C(=O)O)c1ccccc1)C(C)C. The van der Waals surface area contributed by atoms with Gasteiger partial charge in [0, 0.05) is 5.92 Å². The van der Waals surface area contributed by atoms with E-state index in [-0.39, 0.29) is 17.7 Å². The normalized spacial score (nSPS) is 13.8. The Balaban J connectivity index is 2.86. The molecule has 1 aromatic rings. The van der Waals surface area contributed by atoms with E-state index in [1.165, 1.54) is 0 Å². The Bertz CT molecular complexity index is 442. The largest absolute Gasteiger partial charge is 0.479 e. The molecule has 1 rings (SSSR count). The van der Waals surface area contributed by atoms with Crippen LogP contribution in [0.25, 0.3) is 0 Å². The zero-order valence-electron chi connectivity index (χ0n) is 12.3. The fourth-order valence-corrected chi connectivity index (χ4v) is 2.26. The van der Waals surface area contributed by atoms with Crippen molar-refractivity contribution in [2.24, 2.45) is 11.8 Å². The summed E-state index contributed by atoms with van der Waals surface area (Å²) in [5.74, 6) is -1.17. The lowest BCUT2D eigenvalue weighted by Gasteiger charge is -2.22. The predicted octanol–water partition coefficient (Wildman–Crippen LogP) is 3.00. The lowest BCUT2D eigenvalue weighted by molar-refractivity contribution is -0.143. The molecule has 1 aromatic carbocycles. The molecule has 2 N–H and O–H groups in total. The third-order valence-corrected chi connectivity index (χ3v) is 3.41. The highest BCUT2D eigenvalue weighted by atomic mass is 16.4. The maximum atomic E-state index is 12.3. The first kappa shape index (κ1) is 16.2. The number of benzene rings is 1. The Morgan fingerprint density at radius 3 is 2.25 bits per heavy atom. The summed E-state index contributed by atoms with van der Waals surface area (Å²) in [7, 11) is 0. The maximum Gasteiger partial charge on any atom is 0.330 e. The number of carboxylic acid groups (broad SMARTS) is 1. The van der Waals surface area contributed by atoms with Crippen LogP contribution in [0.15, 0.2) is 30.3 Å². The topological polar surface area (TPSA) is 66.4 Å². The monoisotopic (exact) mass is 277 g/mol. The maximum absolute atomic E-state index is 12.3. The molecule has 1 unspecified atom stereocenters. The van der Waals surface area contributed by atoms with Crippen LogP contribution in [-0.4, -0.2) is 17.0 Å². The van der Waals surface area contributed by atoms with Crippen molar-refractivity contribution in [2.45, 2.75) is 39.7 Å². The average molecular weight is 277 g/mol. The van der Waals surface area contributed by atoms with Crippen molar-refractivity contribution >= 4 is 11.9 Å². The number of amides is 1. The summed E-state index contributed by atoms with van der Waals surface area (Å²) in [6, 6.07) is 7.79. The second kappa shape index (κ2) is 7.68. The number of hydrogen-bond acceptors (Lipinski definition) is 2. The number of carboxylic acids is 1. The average Bonchev–Trinajstić information content (AvgIpc) is 2.42. The van der Waals surface area contributed by atoms with Crippen LogP contribution in [0.2, 0.25) is 0 Å². The molecular formula is C16H23NO3. The van der Waals surface area contributed by atoms with Gasteiger partial charge in [-0.15, -0.1) is 0 Å². The van der Waals surface area contributed by atoms with Gasteiger partial charge in [-0.3, -0.25) is 4.79 Å². The van der Waals surface area contributed by atoms with Gasteiger partial charge in [-0.05, 0) is 17.9 Å². The molecule has 0 aliphatic carbocycles. The minimum absolute atomic E-state index is 0.148. The van der Waals surface area contributed by atoms with Crippen molar-refractivity contribution in [3.8, 4) is 0 Å². The van der Waals surface area contributed by atoms with Crippen LogP contribution in [0.3, 0.4) is 0 Å². The van der Waals surface area contributed by atoms with E-state index in [9.17, 15) is 14.7 Å². The Hall–Kier alpha value is -1.84. The lowest BCUT2D eigenvalue weighted by Crippen LogP contribution is -2.39. The zero-order chi connectivity index (χ0) is 15.1. The molecule has 0 bridgehead atoms. The standard InChI is InChI=1S/C16H23NO3/c1-4-8-13(11(2)3)15(18)17-14(16(19)20)12-9-6-5-7-10-12/h5-7,9-11,13-14H,4,8H2,1-3H3,(H,17,18)(H,19,20)/t13?,14-/m1/s1. The first-order chi connectivity index (χ1) is 9.47. The van der Waals surface area contributed by atoms with Crippen LogP contribution in [0, 0.1) is 11.8 Å². The highest BCUT2D eigenvalue weighted by molar-refractivity contribution is 5.85. The van der Waals surface area contributed by atoms with Crippen LogP contribution < -0.4 is 5.32 Å². The fourth-order valence-electron chi connectivity index (χ4n) is 2.26. The highest BCUT2D eigenvalue weighted by Crippen LogP contribution is 2.20. The number of carbonyl (C=O) groups is 2. The first-order valence-electron chi connectivity index (χ1n) is 7.05. The lowest BCUT2D eigenvalue weighted by atomic mass is 9.90. The van der Waals surface area contributed by atoms with E-state index in [0.717, 1.165) is 12.8 Å². The highest BCUT2D eigenvalue weighted by Gasteiger charge is 2.27. The van der Waals surface area contributed by atoms with Gasteiger partial charge in [0.05, 0.1) is 0 Å². The quantitative estimate of drug-likeness (QED) is 0.805. The van der Waals surface area contributed by atoms with Crippen molar-refractivity contribution in [2.75, 3.05) is 0 Å². The number of carbonyl (C=O) groups excluding carboxylic acids is 1. The van der Waals surface area contributed by atoms with E-state index in [4.69, 9.17) is 0 Å². The minimum Gasteiger partial charge on any atom is -0.479 e. The molecule has 2 atom stereocenters. The number of nitrogens with one attached hydrogen (secondary N) is 1. The third-order valence-electron chi connectivity index (χ3n) is 3.41. The Kier molecular flexibility index (Phi) is 6.22. The van der Waals surface area contributed by atoms with E-state index in [1.54, 1.807) is 24.3 Å². The molecule has 0 saturated heterocycles. The molecule has 0 aromatic heterocycles. The summed E-state index contributed by atoms with van der Waals surface area (Å²) in [6.45, 7) is 5.99. The molecule has 0 spiro atoms. The van der Waals surface area contributed by atoms with Gasteiger partial charge < -0.3 is 10.4 Å². The molecule has 4 nitrogen and oxygen atoms in total. The van der Waals surface area contributed by atoms with Gasteiger partial charge in [0.25, 0.3) is 0 Å². The van der Waals surface area contributed by atoms with E-state index in [0.29, 0.717) is 5.56 Å². The molecule has 0 saturated carbocycles. The molecule has 110 valence electrons. The summed E-state index contributed by atoms with van der Waals surface area (Å²) >= 11 is 0. The Morgan fingerprint density at radius 1 is 1.20 bits per heavy atom. The summed E-state index contributed by atoms with van der Waals surface area (Å²) in [4.78, 5) is 23.7. The molecule has 4 heteroatoms. The van der Waals surface area contributed by atoms with Crippen molar-refractivity contribution in [3.05, 3.63) is 35.9 Å². The third kappa shape index (κ3) is 4.37. The Labute approximate surface area is 120 Å². The summed E-state index contributed by atoms with van der Waals surface area (Å²) in [5.41, 5.74) is 0.590. The van der Waals surface area contributed by atoms with Gasteiger partial charge in [0.1, 0.15) is 0 Å². The molecule has 0 aliphatic rings. The van der Waals surface area contributed by atoms with Crippen LogP contribution in [0.5, 0.6) is 0 Å². The first-order valence-corrected chi connectivity index (χ1v) is 7.05. The summed E-state index contributed by atoms with van der Waals surface area (Å²) < 4.78 is 0. The van der Waals surface area contributed by atoms with Gasteiger partial charge in [-0.2, -0.15) is 0 Å². The number of hydrogen-bond donors (Lipinski definition) is 2. The van der Waals surface area contributed by atoms with Crippen LogP contribution >= 0.6 is 0 Å². The van der Waals surface area contributed by atoms with E-state index in [2.05, 4.69) is 5.32 Å². The van der Waals surface area contributed by atoms with Crippen LogP contribution in [0.1, 0.15) is 45.2 Å². The molecule has 0 aliphatic heterocycles. The molecule has 20 heavy (non-hydrogen) atoms.